The van der Waals surface area contributed by atoms with Crippen molar-refractivity contribution in [3.8, 4) is 0 Å². The topological polar surface area (TPSA) is 74.0 Å². The smallest absolute Gasteiger partial charge is 0.252 e. The molecule has 1 heterocycles. The minimum atomic E-state index is -0.359. The summed E-state index contributed by atoms with van der Waals surface area (Å²) >= 11 is 1.29. The first kappa shape index (κ1) is 21.6. The summed E-state index contributed by atoms with van der Waals surface area (Å²) in [5.74, 6) is -0.623. The van der Waals surface area contributed by atoms with E-state index in [1.54, 1.807) is 12.1 Å². The van der Waals surface area contributed by atoms with Crippen molar-refractivity contribution in [3.63, 3.8) is 0 Å². The summed E-state index contributed by atoms with van der Waals surface area (Å²) in [5, 5.41) is 6.85. The molecule has 0 spiro atoms. The van der Waals surface area contributed by atoms with E-state index in [9.17, 15) is 14.0 Å². The van der Waals surface area contributed by atoms with Crippen LogP contribution >= 0.6 is 11.8 Å². The molecule has 4 rings (SSSR count). The zero-order valence-corrected chi connectivity index (χ0v) is 18.0. The van der Waals surface area contributed by atoms with Crippen LogP contribution < -0.4 is 10.6 Å². The second-order valence-electron chi connectivity index (χ2n) is 7.21. The maximum atomic E-state index is 13.0. The molecule has 3 aromatic carbocycles. The number of halogens is 1. The molecular weight excluding hydrogens is 425 g/mol. The Morgan fingerprint density at radius 1 is 0.938 bits per heavy atom. The van der Waals surface area contributed by atoms with Crippen molar-refractivity contribution in [2.24, 2.45) is 0 Å². The number of rotatable bonds is 8. The molecule has 2 amide bonds. The highest BCUT2D eigenvalue weighted by atomic mass is 32.2. The van der Waals surface area contributed by atoms with Gasteiger partial charge in [-0.2, -0.15) is 0 Å². The maximum Gasteiger partial charge on any atom is 0.252 e. The molecule has 0 aliphatic carbocycles. The molecule has 3 N–H and O–H groups in total. The van der Waals surface area contributed by atoms with Gasteiger partial charge in [-0.15, -0.1) is 11.8 Å². The van der Waals surface area contributed by atoms with Crippen LogP contribution in [0, 0.1) is 5.82 Å². The highest BCUT2D eigenvalue weighted by Gasteiger charge is 2.13. The first-order chi connectivity index (χ1) is 15.6. The van der Waals surface area contributed by atoms with Crippen LogP contribution in [0.25, 0.3) is 10.9 Å². The molecule has 0 saturated heterocycles. The van der Waals surface area contributed by atoms with E-state index < -0.39 is 0 Å². The molecule has 0 unspecified atom stereocenters. The third-order valence-electron chi connectivity index (χ3n) is 4.97. The Labute approximate surface area is 189 Å². The molecule has 0 saturated carbocycles. The Bertz CT molecular complexity index is 1240. The second kappa shape index (κ2) is 10.2. The summed E-state index contributed by atoms with van der Waals surface area (Å²) in [7, 11) is 0. The highest BCUT2D eigenvalue weighted by Crippen LogP contribution is 2.23. The first-order valence-corrected chi connectivity index (χ1v) is 11.2. The van der Waals surface area contributed by atoms with Crippen molar-refractivity contribution in [1.82, 2.24) is 10.3 Å². The van der Waals surface area contributed by atoms with Gasteiger partial charge in [-0.25, -0.2) is 4.39 Å². The number of carbonyl (C=O) groups excluding carboxylic acids is 2. The van der Waals surface area contributed by atoms with Crippen molar-refractivity contribution in [3.05, 3.63) is 95.9 Å². The van der Waals surface area contributed by atoms with Gasteiger partial charge < -0.3 is 15.6 Å². The summed E-state index contributed by atoms with van der Waals surface area (Å²) in [6.07, 6.45) is 2.69. The van der Waals surface area contributed by atoms with E-state index in [-0.39, 0.29) is 23.4 Å². The minimum Gasteiger partial charge on any atom is -0.361 e. The first-order valence-electron chi connectivity index (χ1n) is 10.2. The van der Waals surface area contributed by atoms with Gasteiger partial charge in [-0.05, 0) is 54.4 Å². The molecule has 0 fully saturated rings. The molecular formula is C25H22FN3O2S. The number of amides is 2. The third kappa shape index (κ3) is 5.36. The molecule has 5 nitrogen and oxygen atoms in total. The van der Waals surface area contributed by atoms with E-state index in [0.29, 0.717) is 24.2 Å². The maximum absolute atomic E-state index is 13.0. The van der Waals surface area contributed by atoms with Gasteiger partial charge in [0.1, 0.15) is 5.82 Å². The lowest BCUT2D eigenvalue weighted by molar-refractivity contribution is -0.113. The van der Waals surface area contributed by atoms with Gasteiger partial charge in [-0.3, -0.25) is 9.59 Å². The van der Waals surface area contributed by atoms with Crippen LogP contribution in [0.2, 0.25) is 0 Å². The molecule has 0 bridgehead atoms. The number of benzene rings is 3. The van der Waals surface area contributed by atoms with Gasteiger partial charge in [0.25, 0.3) is 5.91 Å². The van der Waals surface area contributed by atoms with Gasteiger partial charge >= 0.3 is 0 Å². The van der Waals surface area contributed by atoms with Crippen LogP contribution in [0.4, 0.5) is 10.1 Å². The Morgan fingerprint density at radius 2 is 1.69 bits per heavy atom. The Hall–Kier alpha value is -3.58. The van der Waals surface area contributed by atoms with Crippen molar-refractivity contribution >= 4 is 40.2 Å². The molecule has 4 aromatic rings. The van der Waals surface area contributed by atoms with Crippen LogP contribution in [0.5, 0.6) is 0 Å². The minimum absolute atomic E-state index is 0.136. The average molecular weight is 448 g/mol. The van der Waals surface area contributed by atoms with Gasteiger partial charge in [0.05, 0.1) is 11.3 Å². The van der Waals surface area contributed by atoms with E-state index in [1.165, 1.54) is 36.0 Å². The molecule has 0 aliphatic heterocycles. The second-order valence-corrected chi connectivity index (χ2v) is 8.22. The molecule has 0 atom stereocenters. The normalized spacial score (nSPS) is 10.8. The molecule has 7 heteroatoms. The van der Waals surface area contributed by atoms with Crippen molar-refractivity contribution in [2.75, 3.05) is 17.6 Å². The van der Waals surface area contributed by atoms with Crippen molar-refractivity contribution in [2.45, 2.75) is 11.3 Å². The van der Waals surface area contributed by atoms with Crippen LogP contribution in [-0.2, 0) is 11.2 Å². The number of nitrogens with one attached hydrogen (secondary N) is 3. The number of para-hydroxylation sites is 1. The van der Waals surface area contributed by atoms with E-state index in [2.05, 4.69) is 21.7 Å². The molecule has 0 aliphatic rings. The van der Waals surface area contributed by atoms with Crippen molar-refractivity contribution in [1.29, 1.82) is 0 Å². The number of hydrogen-bond acceptors (Lipinski definition) is 3. The van der Waals surface area contributed by atoms with Gasteiger partial charge in [0, 0.05) is 34.2 Å². The van der Waals surface area contributed by atoms with E-state index in [1.807, 2.05) is 36.5 Å². The zero-order chi connectivity index (χ0) is 22.3. The fraction of sp³-hybridized carbons (Fsp3) is 0.120. The number of hydrogen-bond donors (Lipinski definition) is 3. The lowest BCUT2D eigenvalue weighted by atomic mass is 10.1. The Kier molecular flexibility index (Phi) is 6.87. The number of anilines is 1. The third-order valence-corrected chi connectivity index (χ3v) is 6.05. The number of aromatic amines is 1. The Morgan fingerprint density at radius 3 is 2.53 bits per heavy atom. The zero-order valence-electron chi connectivity index (χ0n) is 17.2. The predicted molar refractivity (Wildman–Crippen MR) is 127 cm³/mol. The summed E-state index contributed by atoms with van der Waals surface area (Å²) in [6, 6.07) is 20.9. The number of H-pyrrole nitrogens is 1. The van der Waals surface area contributed by atoms with E-state index >= 15 is 0 Å². The average Bonchev–Trinajstić information content (AvgIpc) is 3.22. The monoisotopic (exact) mass is 447 g/mol. The fourth-order valence-electron chi connectivity index (χ4n) is 3.40. The number of thioether (sulfide) groups is 1. The summed E-state index contributed by atoms with van der Waals surface area (Å²) in [6.45, 7) is 0.505. The van der Waals surface area contributed by atoms with E-state index in [4.69, 9.17) is 0 Å². The standard InChI is InChI=1S/C25H22FN3O2S/c26-18-9-11-19(12-10-18)29-24(30)16-32-23-8-4-2-6-21(23)25(31)27-14-13-17-15-28-22-7-3-1-5-20(17)22/h1-12,15,28H,13-14,16H2,(H,27,31)(H,29,30). The number of aromatic nitrogens is 1. The highest BCUT2D eigenvalue weighted by molar-refractivity contribution is 8.00. The predicted octanol–water partition coefficient (Wildman–Crippen LogP) is 5.01. The molecule has 32 heavy (non-hydrogen) atoms. The molecule has 1 aromatic heterocycles. The van der Waals surface area contributed by atoms with Crippen LogP contribution in [0.1, 0.15) is 15.9 Å². The summed E-state index contributed by atoms with van der Waals surface area (Å²) < 4.78 is 13.0. The van der Waals surface area contributed by atoms with Crippen LogP contribution in [0.15, 0.2) is 83.9 Å². The van der Waals surface area contributed by atoms with E-state index in [0.717, 1.165) is 21.4 Å². The SMILES string of the molecule is O=C(CSc1ccccc1C(=O)NCCc1c[nH]c2ccccc12)Nc1ccc(F)cc1. The quantitative estimate of drug-likeness (QED) is 0.333. The fourth-order valence-corrected chi connectivity index (χ4v) is 4.25. The largest absolute Gasteiger partial charge is 0.361 e. The van der Waals surface area contributed by atoms with Crippen LogP contribution in [0.3, 0.4) is 0 Å². The molecule has 162 valence electrons. The Balaban J connectivity index is 1.32. The van der Waals surface area contributed by atoms with Crippen molar-refractivity contribution < 1.29 is 14.0 Å². The summed E-state index contributed by atoms with van der Waals surface area (Å²) in [4.78, 5) is 29.0. The van der Waals surface area contributed by atoms with Gasteiger partial charge in [0.2, 0.25) is 5.91 Å². The van der Waals surface area contributed by atoms with Gasteiger partial charge in [-0.1, -0.05) is 30.3 Å². The summed E-state index contributed by atoms with van der Waals surface area (Å²) in [5.41, 5.74) is 3.29. The lowest BCUT2D eigenvalue weighted by Gasteiger charge is -2.10. The lowest BCUT2D eigenvalue weighted by Crippen LogP contribution is -2.26. The van der Waals surface area contributed by atoms with Gasteiger partial charge in [0.15, 0.2) is 0 Å². The number of carbonyl (C=O) groups is 2. The molecule has 0 radical (unpaired) electrons. The number of fused-ring (bicyclic) bond motifs is 1. The van der Waals surface area contributed by atoms with Crippen LogP contribution in [-0.4, -0.2) is 29.1 Å².